The Morgan fingerprint density at radius 1 is 1.12 bits per heavy atom. The maximum atomic E-state index is 6.02. The molecule has 0 spiro atoms. The second kappa shape index (κ2) is 4.99. The van der Waals surface area contributed by atoms with Crippen LogP contribution in [0.15, 0.2) is 35.2 Å². The fraction of sp³-hybridized carbons (Fsp3) is 0. The number of para-hydroxylation sites is 1. The number of nitrogens with one attached hydrogen (secondary N) is 1. The fourth-order valence-corrected chi connectivity index (χ4v) is 1.95. The number of benzene rings is 1. The highest BCUT2D eigenvalue weighted by molar-refractivity contribution is 9.10. The third-order valence-corrected chi connectivity index (χ3v) is 2.91. The van der Waals surface area contributed by atoms with Gasteiger partial charge in [-0.1, -0.05) is 29.3 Å². The van der Waals surface area contributed by atoms with E-state index in [0.29, 0.717) is 26.2 Å². The van der Waals surface area contributed by atoms with Gasteiger partial charge in [-0.25, -0.2) is 9.97 Å². The first-order valence-electron chi connectivity index (χ1n) is 4.35. The highest BCUT2D eigenvalue weighted by Crippen LogP contribution is 2.32. The molecule has 0 aliphatic heterocycles. The van der Waals surface area contributed by atoms with Gasteiger partial charge in [0.1, 0.15) is 16.7 Å². The summed E-state index contributed by atoms with van der Waals surface area (Å²) in [5, 5.41) is 4.12. The molecule has 1 heterocycles. The van der Waals surface area contributed by atoms with Gasteiger partial charge in [-0.2, -0.15) is 0 Å². The van der Waals surface area contributed by atoms with Gasteiger partial charge in [0.25, 0.3) is 0 Å². The zero-order valence-corrected chi connectivity index (χ0v) is 11.0. The predicted molar refractivity (Wildman–Crippen MR) is 69.5 cm³/mol. The van der Waals surface area contributed by atoms with Crippen LogP contribution in [-0.2, 0) is 0 Å². The van der Waals surface area contributed by atoms with Crippen molar-refractivity contribution in [2.24, 2.45) is 0 Å². The molecule has 2 rings (SSSR count). The molecule has 0 aliphatic rings. The number of hydrogen-bond acceptors (Lipinski definition) is 3. The number of halogens is 3. The maximum absolute atomic E-state index is 6.02. The Kier molecular flexibility index (Phi) is 3.63. The Morgan fingerprint density at radius 2 is 1.81 bits per heavy atom. The van der Waals surface area contributed by atoms with Gasteiger partial charge in [-0.15, -0.1) is 0 Å². The summed E-state index contributed by atoms with van der Waals surface area (Å²) in [7, 11) is 0. The van der Waals surface area contributed by atoms with Crippen molar-refractivity contribution in [2.75, 3.05) is 5.32 Å². The van der Waals surface area contributed by atoms with Crippen molar-refractivity contribution in [3.8, 4) is 0 Å². The van der Waals surface area contributed by atoms with Crippen LogP contribution in [0.4, 0.5) is 11.5 Å². The SMILES string of the molecule is Clc1cccc(Cl)c1Nc1cc(Br)ncn1. The summed E-state index contributed by atoms with van der Waals surface area (Å²) in [6, 6.07) is 7.03. The summed E-state index contributed by atoms with van der Waals surface area (Å²) in [5.41, 5.74) is 0.636. The van der Waals surface area contributed by atoms with E-state index in [9.17, 15) is 0 Å². The molecule has 0 bridgehead atoms. The molecule has 0 atom stereocenters. The molecule has 2 aromatic rings. The van der Waals surface area contributed by atoms with Gasteiger partial charge in [0.2, 0.25) is 0 Å². The molecule has 6 heteroatoms. The van der Waals surface area contributed by atoms with Crippen molar-refractivity contribution in [3.05, 3.63) is 45.2 Å². The van der Waals surface area contributed by atoms with Crippen molar-refractivity contribution >= 4 is 50.6 Å². The number of nitrogens with zero attached hydrogens (tertiary/aromatic N) is 2. The summed E-state index contributed by atoms with van der Waals surface area (Å²) in [5.74, 6) is 0.622. The minimum absolute atomic E-state index is 0.544. The molecule has 3 nitrogen and oxygen atoms in total. The molecule has 0 fully saturated rings. The first-order chi connectivity index (χ1) is 7.66. The molecule has 82 valence electrons. The van der Waals surface area contributed by atoms with Crippen molar-refractivity contribution in [1.82, 2.24) is 9.97 Å². The Balaban J connectivity index is 2.34. The van der Waals surface area contributed by atoms with E-state index in [1.807, 2.05) is 0 Å². The lowest BCUT2D eigenvalue weighted by molar-refractivity contribution is 1.14. The highest BCUT2D eigenvalue weighted by Gasteiger charge is 2.06. The van der Waals surface area contributed by atoms with Gasteiger partial charge in [0, 0.05) is 6.07 Å². The maximum Gasteiger partial charge on any atom is 0.134 e. The van der Waals surface area contributed by atoms with Crippen molar-refractivity contribution in [1.29, 1.82) is 0 Å². The zero-order chi connectivity index (χ0) is 11.5. The monoisotopic (exact) mass is 317 g/mol. The van der Waals surface area contributed by atoms with Gasteiger partial charge in [0.15, 0.2) is 0 Å². The molecule has 0 amide bonds. The summed E-state index contributed by atoms with van der Waals surface area (Å²) < 4.78 is 0.688. The topological polar surface area (TPSA) is 37.8 Å². The van der Waals surface area contributed by atoms with Crippen LogP contribution in [0.3, 0.4) is 0 Å². The molecule has 0 radical (unpaired) electrons. The second-order valence-corrected chi connectivity index (χ2v) is 4.57. The van der Waals surface area contributed by atoms with Crippen LogP contribution in [0.5, 0.6) is 0 Å². The average molecular weight is 319 g/mol. The smallest absolute Gasteiger partial charge is 0.134 e. The summed E-state index contributed by atoms with van der Waals surface area (Å²) in [6.07, 6.45) is 1.44. The average Bonchev–Trinajstić information content (AvgIpc) is 2.24. The predicted octanol–water partition coefficient (Wildman–Crippen LogP) is 4.29. The Hall–Kier alpha value is -0.840. The quantitative estimate of drug-likeness (QED) is 0.839. The van der Waals surface area contributed by atoms with Gasteiger partial charge in [-0.05, 0) is 28.1 Å². The summed E-state index contributed by atoms with van der Waals surface area (Å²) in [4.78, 5) is 7.97. The van der Waals surface area contributed by atoms with E-state index >= 15 is 0 Å². The fourth-order valence-electron chi connectivity index (χ4n) is 1.15. The Labute approximate surface area is 111 Å². The number of anilines is 2. The molecule has 1 aromatic heterocycles. The van der Waals surface area contributed by atoms with E-state index in [0.717, 1.165) is 0 Å². The van der Waals surface area contributed by atoms with Crippen LogP contribution in [0.25, 0.3) is 0 Å². The zero-order valence-electron chi connectivity index (χ0n) is 7.92. The van der Waals surface area contributed by atoms with Crippen molar-refractivity contribution in [3.63, 3.8) is 0 Å². The van der Waals surface area contributed by atoms with E-state index in [1.54, 1.807) is 24.3 Å². The Bertz CT molecular complexity index is 499. The van der Waals surface area contributed by atoms with E-state index in [-0.39, 0.29) is 0 Å². The highest BCUT2D eigenvalue weighted by atomic mass is 79.9. The standard InChI is InChI=1S/C10H6BrCl2N3/c11-8-4-9(15-5-14-8)16-10-6(12)2-1-3-7(10)13/h1-5H,(H,14,15,16). The van der Waals surface area contributed by atoms with Gasteiger partial charge in [0.05, 0.1) is 15.7 Å². The molecular weight excluding hydrogens is 313 g/mol. The molecule has 1 N–H and O–H groups in total. The van der Waals surface area contributed by atoms with E-state index in [1.165, 1.54) is 6.33 Å². The van der Waals surface area contributed by atoms with Crippen molar-refractivity contribution < 1.29 is 0 Å². The number of rotatable bonds is 2. The first kappa shape index (κ1) is 11.6. The minimum Gasteiger partial charge on any atom is -0.338 e. The van der Waals surface area contributed by atoms with Gasteiger partial charge >= 0.3 is 0 Å². The molecule has 0 saturated carbocycles. The van der Waals surface area contributed by atoms with Crippen LogP contribution >= 0.6 is 39.1 Å². The van der Waals surface area contributed by atoms with Crippen LogP contribution in [-0.4, -0.2) is 9.97 Å². The van der Waals surface area contributed by atoms with E-state index in [2.05, 4.69) is 31.2 Å². The lowest BCUT2D eigenvalue weighted by Gasteiger charge is -2.09. The lowest BCUT2D eigenvalue weighted by atomic mass is 10.3. The van der Waals surface area contributed by atoms with Gasteiger partial charge < -0.3 is 5.32 Å². The van der Waals surface area contributed by atoms with Crippen molar-refractivity contribution in [2.45, 2.75) is 0 Å². The Morgan fingerprint density at radius 3 is 2.44 bits per heavy atom. The second-order valence-electron chi connectivity index (χ2n) is 2.95. The van der Waals surface area contributed by atoms with Crippen LogP contribution in [0.1, 0.15) is 0 Å². The van der Waals surface area contributed by atoms with Gasteiger partial charge in [-0.3, -0.25) is 0 Å². The van der Waals surface area contributed by atoms with E-state index in [4.69, 9.17) is 23.2 Å². The molecule has 1 aromatic carbocycles. The summed E-state index contributed by atoms with van der Waals surface area (Å²) >= 11 is 15.3. The number of aromatic nitrogens is 2. The molecular formula is C10H6BrCl2N3. The normalized spacial score (nSPS) is 10.2. The van der Waals surface area contributed by atoms with Crippen LogP contribution in [0, 0.1) is 0 Å². The van der Waals surface area contributed by atoms with Crippen LogP contribution in [0.2, 0.25) is 10.0 Å². The first-order valence-corrected chi connectivity index (χ1v) is 5.90. The third-order valence-electron chi connectivity index (χ3n) is 1.85. The molecule has 0 aliphatic carbocycles. The summed E-state index contributed by atoms with van der Waals surface area (Å²) in [6.45, 7) is 0. The largest absolute Gasteiger partial charge is 0.338 e. The molecule has 16 heavy (non-hydrogen) atoms. The molecule has 0 unspecified atom stereocenters. The number of hydrogen-bond donors (Lipinski definition) is 1. The minimum atomic E-state index is 0.544. The van der Waals surface area contributed by atoms with Crippen LogP contribution < -0.4 is 5.32 Å². The third kappa shape index (κ3) is 2.64. The molecule has 0 saturated heterocycles. The van der Waals surface area contributed by atoms with E-state index < -0.39 is 0 Å². The lowest BCUT2D eigenvalue weighted by Crippen LogP contribution is -1.95.